The molecule has 0 saturated carbocycles. The molecule has 0 aliphatic heterocycles. The summed E-state index contributed by atoms with van der Waals surface area (Å²) < 4.78 is 7.53. The Labute approximate surface area is 153 Å². The number of carbonyl (C=O) groups is 3. The molecule has 1 N–H and O–H groups in total. The van der Waals surface area contributed by atoms with E-state index in [1.54, 1.807) is 54.2 Å². The number of hydrogen-bond acceptors (Lipinski definition) is 6. The monoisotopic (exact) mass is 368 g/mol. The van der Waals surface area contributed by atoms with Crippen LogP contribution in [-0.4, -0.2) is 38.7 Å². The van der Waals surface area contributed by atoms with Gasteiger partial charge in [-0.3, -0.25) is 19.7 Å². The van der Waals surface area contributed by atoms with E-state index in [1.165, 1.54) is 7.05 Å². The van der Waals surface area contributed by atoms with Gasteiger partial charge in [-0.1, -0.05) is 18.2 Å². The van der Waals surface area contributed by atoms with Crippen molar-refractivity contribution in [3.05, 3.63) is 64.3 Å². The summed E-state index contributed by atoms with van der Waals surface area (Å²) >= 11 is 0. The van der Waals surface area contributed by atoms with Gasteiger partial charge in [0.1, 0.15) is 5.69 Å². The standard InChI is InChI=1S/C18H16N4O5/c1-21-9-5-8-13(21)16(24)19-14(23)10-27-18(26)15-11-6-3-4-7-12(11)17(25)22(2)20-15/h3-9H,10H2,1-2H3,(H,19,23,24). The van der Waals surface area contributed by atoms with E-state index in [4.69, 9.17) is 4.74 Å². The number of amides is 2. The molecule has 2 aromatic heterocycles. The zero-order valence-electron chi connectivity index (χ0n) is 14.6. The number of imide groups is 1. The van der Waals surface area contributed by atoms with Crippen LogP contribution in [0.1, 0.15) is 21.0 Å². The fraction of sp³-hybridized carbons (Fsp3) is 0.167. The molecule has 0 bridgehead atoms. The first kappa shape index (κ1) is 18.1. The van der Waals surface area contributed by atoms with Gasteiger partial charge in [0.15, 0.2) is 12.3 Å². The van der Waals surface area contributed by atoms with Gasteiger partial charge in [0.05, 0.1) is 5.39 Å². The summed E-state index contributed by atoms with van der Waals surface area (Å²) in [4.78, 5) is 48.3. The quantitative estimate of drug-likeness (QED) is 0.667. The third-order valence-corrected chi connectivity index (χ3v) is 3.91. The van der Waals surface area contributed by atoms with Crippen LogP contribution in [-0.2, 0) is 23.6 Å². The minimum Gasteiger partial charge on any atom is -0.451 e. The van der Waals surface area contributed by atoms with Gasteiger partial charge in [-0.05, 0) is 18.2 Å². The van der Waals surface area contributed by atoms with Crippen molar-refractivity contribution in [2.24, 2.45) is 14.1 Å². The summed E-state index contributed by atoms with van der Waals surface area (Å²) in [5.41, 5.74) is -0.150. The lowest BCUT2D eigenvalue weighted by molar-refractivity contribution is -0.123. The van der Waals surface area contributed by atoms with E-state index in [2.05, 4.69) is 10.4 Å². The zero-order chi connectivity index (χ0) is 19.6. The molecular formula is C18H16N4O5. The van der Waals surface area contributed by atoms with Crippen LogP contribution < -0.4 is 10.9 Å². The molecule has 0 unspecified atom stereocenters. The first-order valence-corrected chi connectivity index (χ1v) is 7.97. The molecule has 2 heterocycles. The lowest BCUT2D eigenvalue weighted by Crippen LogP contribution is -2.35. The molecular weight excluding hydrogens is 352 g/mol. The van der Waals surface area contributed by atoms with Crippen molar-refractivity contribution in [1.82, 2.24) is 19.7 Å². The van der Waals surface area contributed by atoms with Crippen LogP contribution in [0.3, 0.4) is 0 Å². The number of nitrogens with one attached hydrogen (secondary N) is 1. The average Bonchev–Trinajstić information content (AvgIpc) is 3.09. The Morgan fingerprint density at radius 1 is 1.07 bits per heavy atom. The Bertz CT molecular complexity index is 1110. The van der Waals surface area contributed by atoms with Gasteiger partial charge < -0.3 is 9.30 Å². The maximum atomic E-state index is 12.3. The minimum absolute atomic E-state index is 0.0886. The van der Waals surface area contributed by atoms with Gasteiger partial charge in [0, 0.05) is 25.7 Å². The van der Waals surface area contributed by atoms with Gasteiger partial charge in [-0.25, -0.2) is 9.48 Å². The van der Waals surface area contributed by atoms with Crippen molar-refractivity contribution in [2.75, 3.05) is 6.61 Å². The van der Waals surface area contributed by atoms with Gasteiger partial charge in [0.25, 0.3) is 17.4 Å². The second kappa shape index (κ2) is 7.24. The number of carbonyl (C=O) groups excluding carboxylic acids is 3. The summed E-state index contributed by atoms with van der Waals surface area (Å²) in [7, 11) is 3.08. The Hall–Kier alpha value is -3.75. The SMILES string of the molecule is Cn1cccc1C(=O)NC(=O)COC(=O)c1nn(C)c(=O)c2ccccc12. The topological polar surface area (TPSA) is 112 Å². The maximum absolute atomic E-state index is 12.3. The number of aryl methyl sites for hydroxylation is 2. The van der Waals surface area contributed by atoms with E-state index in [0.717, 1.165) is 4.68 Å². The van der Waals surface area contributed by atoms with Gasteiger partial charge >= 0.3 is 5.97 Å². The zero-order valence-corrected chi connectivity index (χ0v) is 14.6. The van der Waals surface area contributed by atoms with Crippen LogP contribution in [0.5, 0.6) is 0 Å². The predicted octanol–water partition coefficient (Wildman–Crippen LogP) is 0.385. The molecule has 9 heteroatoms. The number of fused-ring (bicyclic) bond motifs is 1. The average molecular weight is 368 g/mol. The molecule has 0 spiro atoms. The third kappa shape index (κ3) is 3.61. The summed E-state index contributed by atoms with van der Waals surface area (Å²) in [6.07, 6.45) is 1.66. The van der Waals surface area contributed by atoms with E-state index in [-0.39, 0.29) is 11.3 Å². The van der Waals surface area contributed by atoms with Crippen LogP contribution in [0.4, 0.5) is 0 Å². The van der Waals surface area contributed by atoms with Crippen LogP contribution in [0.2, 0.25) is 0 Å². The van der Waals surface area contributed by atoms with E-state index < -0.39 is 24.4 Å². The summed E-state index contributed by atoms with van der Waals surface area (Å²) in [5, 5.41) is 6.69. The van der Waals surface area contributed by atoms with Crippen LogP contribution in [0.15, 0.2) is 47.4 Å². The normalized spacial score (nSPS) is 10.6. The van der Waals surface area contributed by atoms with Gasteiger partial charge in [-0.15, -0.1) is 0 Å². The fourth-order valence-electron chi connectivity index (χ4n) is 2.57. The number of benzene rings is 1. The molecule has 2 amide bonds. The molecule has 0 saturated heterocycles. The molecule has 138 valence electrons. The molecule has 0 atom stereocenters. The van der Waals surface area contributed by atoms with Crippen LogP contribution >= 0.6 is 0 Å². The molecule has 1 aromatic carbocycles. The van der Waals surface area contributed by atoms with E-state index in [9.17, 15) is 19.2 Å². The highest BCUT2D eigenvalue weighted by Gasteiger charge is 2.19. The van der Waals surface area contributed by atoms with Crippen molar-refractivity contribution >= 4 is 28.6 Å². The number of aromatic nitrogens is 3. The van der Waals surface area contributed by atoms with E-state index in [0.29, 0.717) is 16.5 Å². The predicted molar refractivity (Wildman–Crippen MR) is 95.2 cm³/mol. The first-order chi connectivity index (χ1) is 12.9. The largest absolute Gasteiger partial charge is 0.451 e. The maximum Gasteiger partial charge on any atom is 0.359 e. The number of ether oxygens (including phenoxy) is 1. The number of nitrogens with zero attached hydrogens (tertiary/aromatic N) is 3. The molecule has 0 aliphatic carbocycles. The molecule has 0 fully saturated rings. The first-order valence-electron chi connectivity index (χ1n) is 7.97. The lowest BCUT2D eigenvalue weighted by Gasteiger charge is -2.09. The second-order valence-corrected chi connectivity index (χ2v) is 5.78. The smallest absolute Gasteiger partial charge is 0.359 e. The number of rotatable bonds is 4. The Kier molecular flexibility index (Phi) is 4.84. The summed E-state index contributed by atoms with van der Waals surface area (Å²) in [6.45, 7) is -0.659. The third-order valence-electron chi connectivity index (χ3n) is 3.91. The molecule has 3 aromatic rings. The Morgan fingerprint density at radius 2 is 1.78 bits per heavy atom. The molecule has 0 aliphatic rings. The van der Waals surface area contributed by atoms with Crippen molar-refractivity contribution in [3.63, 3.8) is 0 Å². The van der Waals surface area contributed by atoms with Crippen molar-refractivity contribution < 1.29 is 19.1 Å². The van der Waals surface area contributed by atoms with Gasteiger partial charge in [-0.2, -0.15) is 5.10 Å². The lowest BCUT2D eigenvalue weighted by atomic mass is 10.1. The second-order valence-electron chi connectivity index (χ2n) is 5.78. The fourth-order valence-corrected chi connectivity index (χ4v) is 2.57. The van der Waals surface area contributed by atoms with Crippen molar-refractivity contribution in [3.8, 4) is 0 Å². The van der Waals surface area contributed by atoms with Crippen molar-refractivity contribution in [2.45, 2.75) is 0 Å². The van der Waals surface area contributed by atoms with E-state index >= 15 is 0 Å². The number of esters is 1. The Balaban J connectivity index is 1.71. The van der Waals surface area contributed by atoms with Crippen LogP contribution in [0.25, 0.3) is 10.8 Å². The highest BCUT2D eigenvalue weighted by atomic mass is 16.5. The molecule has 3 rings (SSSR count). The van der Waals surface area contributed by atoms with Gasteiger partial charge in [0.2, 0.25) is 0 Å². The highest BCUT2D eigenvalue weighted by molar-refractivity contribution is 6.06. The highest BCUT2D eigenvalue weighted by Crippen LogP contribution is 2.13. The summed E-state index contributed by atoms with van der Waals surface area (Å²) in [5.74, 6) is -2.25. The Morgan fingerprint density at radius 3 is 2.44 bits per heavy atom. The van der Waals surface area contributed by atoms with Crippen LogP contribution in [0, 0.1) is 0 Å². The summed E-state index contributed by atoms with van der Waals surface area (Å²) in [6, 6.07) is 9.68. The number of hydrogen-bond donors (Lipinski definition) is 1. The minimum atomic E-state index is -0.872. The molecule has 9 nitrogen and oxygen atoms in total. The molecule has 0 radical (unpaired) electrons. The van der Waals surface area contributed by atoms with E-state index in [1.807, 2.05) is 0 Å². The van der Waals surface area contributed by atoms with Crippen molar-refractivity contribution in [1.29, 1.82) is 0 Å². The molecule has 27 heavy (non-hydrogen) atoms.